The summed E-state index contributed by atoms with van der Waals surface area (Å²) >= 11 is 18.5. The SMILES string of the molecule is N#C/C(=C\c1ccc(Cc2ccccc2Cl)c(Cl)c1)C(=O)Nc1ccc(Cl)cc1. The van der Waals surface area contributed by atoms with Gasteiger partial charge in [0.1, 0.15) is 11.6 Å². The number of carbonyl (C=O) groups is 1. The molecule has 3 aromatic carbocycles. The van der Waals surface area contributed by atoms with Crippen LogP contribution >= 0.6 is 34.8 Å². The number of amides is 1. The first-order valence-corrected chi connectivity index (χ1v) is 9.80. The first kappa shape index (κ1) is 21.0. The minimum Gasteiger partial charge on any atom is -0.321 e. The van der Waals surface area contributed by atoms with Crippen molar-refractivity contribution in [2.45, 2.75) is 6.42 Å². The predicted octanol–water partition coefficient (Wildman–Crippen LogP) is 6.78. The summed E-state index contributed by atoms with van der Waals surface area (Å²) in [6, 6.07) is 21.5. The zero-order chi connectivity index (χ0) is 20.8. The van der Waals surface area contributed by atoms with Crippen LogP contribution in [0.15, 0.2) is 72.3 Å². The maximum absolute atomic E-state index is 12.4. The fourth-order valence-corrected chi connectivity index (χ4v) is 3.27. The van der Waals surface area contributed by atoms with E-state index in [9.17, 15) is 10.1 Å². The number of carbonyl (C=O) groups excluding carboxylic acids is 1. The van der Waals surface area contributed by atoms with Crippen LogP contribution in [-0.4, -0.2) is 5.91 Å². The third-order valence-corrected chi connectivity index (χ3v) is 5.17. The standard InChI is InChI=1S/C23H15Cl3N2O/c24-19-7-9-20(10-8-19)28-23(29)18(14-27)11-15-5-6-17(22(26)12-15)13-16-3-1-2-4-21(16)25/h1-12H,13H2,(H,28,29)/b18-11+. The van der Waals surface area contributed by atoms with Crippen LogP contribution in [-0.2, 0) is 11.2 Å². The highest BCUT2D eigenvalue weighted by Crippen LogP contribution is 2.25. The Morgan fingerprint density at radius 3 is 2.28 bits per heavy atom. The molecule has 0 spiro atoms. The van der Waals surface area contributed by atoms with Crippen molar-refractivity contribution in [3.63, 3.8) is 0 Å². The van der Waals surface area contributed by atoms with Gasteiger partial charge < -0.3 is 5.32 Å². The first-order valence-electron chi connectivity index (χ1n) is 8.67. The Morgan fingerprint density at radius 2 is 1.62 bits per heavy atom. The van der Waals surface area contributed by atoms with Gasteiger partial charge >= 0.3 is 0 Å². The quantitative estimate of drug-likeness (QED) is 0.350. The molecule has 1 amide bonds. The van der Waals surface area contributed by atoms with Crippen molar-refractivity contribution in [2.24, 2.45) is 0 Å². The molecular weight excluding hydrogens is 427 g/mol. The molecular formula is C23H15Cl3N2O. The van der Waals surface area contributed by atoms with E-state index in [1.54, 1.807) is 30.3 Å². The molecule has 0 aromatic heterocycles. The van der Waals surface area contributed by atoms with Crippen LogP contribution in [0, 0.1) is 11.3 Å². The van der Waals surface area contributed by atoms with E-state index in [4.69, 9.17) is 34.8 Å². The molecule has 0 heterocycles. The average molecular weight is 442 g/mol. The van der Waals surface area contributed by atoms with E-state index in [1.807, 2.05) is 42.5 Å². The lowest BCUT2D eigenvalue weighted by Crippen LogP contribution is -2.13. The zero-order valence-corrected chi connectivity index (χ0v) is 17.4. The van der Waals surface area contributed by atoms with E-state index in [-0.39, 0.29) is 5.57 Å². The van der Waals surface area contributed by atoms with E-state index in [0.717, 1.165) is 11.1 Å². The molecule has 0 saturated heterocycles. The second-order valence-electron chi connectivity index (χ2n) is 6.25. The molecule has 0 aliphatic carbocycles. The van der Waals surface area contributed by atoms with Crippen LogP contribution in [0.2, 0.25) is 15.1 Å². The molecule has 29 heavy (non-hydrogen) atoms. The summed E-state index contributed by atoms with van der Waals surface area (Å²) < 4.78 is 0. The highest BCUT2D eigenvalue weighted by Gasteiger charge is 2.11. The van der Waals surface area contributed by atoms with Gasteiger partial charge in [0.15, 0.2) is 0 Å². The number of benzene rings is 3. The van der Waals surface area contributed by atoms with Crippen LogP contribution in [0.4, 0.5) is 5.69 Å². The Labute approximate surface area is 184 Å². The number of nitrogens with zero attached hydrogens (tertiary/aromatic N) is 1. The summed E-state index contributed by atoms with van der Waals surface area (Å²) in [6.07, 6.45) is 2.08. The summed E-state index contributed by atoms with van der Waals surface area (Å²) in [5, 5.41) is 13.8. The molecule has 0 aliphatic heterocycles. The largest absolute Gasteiger partial charge is 0.321 e. The summed E-state index contributed by atoms with van der Waals surface area (Å²) in [4.78, 5) is 12.4. The minimum atomic E-state index is -0.508. The maximum Gasteiger partial charge on any atom is 0.266 e. The molecule has 0 saturated carbocycles. The lowest BCUT2D eigenvalue weighted by molar-refractivity contribution is -0.112. The highest BCUT2D eigenvalue weighted by molar-refractivity contribution is 6.32. The van der Waals surface area contributed by atoms with Gasteiger partial charge in [-0.2, -0.15) is 5.26 Å². The molecule has 0 atom stereocenters. The van der Waals surface area contributed by atoms with Crippen molar-refractivity contribution in [1.29, 1.82) is 5.26 Å². The van der Waals surface area contributed by atoms with Crippen molar-refractivity contribution in [3.8, 4) is 6.07 Å². The van der Waals surface area contributed by atoms with Crippen molar-refractivity contribution in [2.75, 3.05) is 5.32 Å². The van der Waals surface area contributed by atoms with Gasteiger partial charge in [0.2, 0.25) is 0 Å². The van der Waals surface area contributed by atoms with Gasteiger partial charge in [-0.1, -0.05) is 65.1 Å². The molecule has 144 valence electrons. The number of hydrogen-bond donors (Lipinski definition) is 1. The van der Waals surface area contributed by atoms with E-state index in [2.05, 4.69) is 5.32 Å². The van der Waals surface area contributed by atoms with Gasteiger partial charge in [0.05, 0.1) is 0 Å². The van der Waals surface area contributed by atoms with Crippen LogP contribution in [0.1, 0.15) is 16.7 Å². The number of nitriles is 1. The second kappa shape index (κ2) is 9.62. The molecule has 6 heteroatoms. The molecule has 0 unspecified atom stereocenters. The van der Waals surface area contributed by atoms with Crippen molar-refractivity contribution >= 4 is 52.5 Å². The Hall–Kier alpha value is -2.77. The molecule has 3 nitrogen and oxygen atoms in total. The van der Waals surface area contributed by atoms with Crippen molar-refractivity contribution < 1.29 is 4.79 Å². The van der Waals surface area contributed by atoms with E-state index >= 15 is 0 Å². The number of hydrogen-bond acceptors (Lipinski definition) is 2. The lowest BCUT2D eigenvalue weighted by Gasteiger charge is -2.08. The molecule has 0 radical (unpaired) electrons. The Morgan fingerprint density at radius 1 is 0.931 bits per heavy atom. The van der Waals surface area contributed by atoms with E-state index in [1.165, 1.54) is 6.08 Å². The average Bonchev–Trinajstić information content (AvgIpc) is 2.71. The van der Waals surface area contributed by atoms with Crippen molar-refractivity contribution in [3.05, 3.63) is 104 Å². The van der Waals surface area contributed by atoms with E-state index in [0.29, 0.717) is 32.7 Å². The topological polar surface area (TPSA) is 52.9 Å². The Bertz CT molecular complexity index is 1120. The number of halogens is 3. The smallest absolute Gasteiger partial charge is 0.266 e. The molecule has 3 rings (SSSR count). The van der Waals surface area contributed by atoms with Crippen LogP contribution < -0.4 is 5.32 Å². The first-order chi connectivity index (χ1) is 14.0. The van der Waals surface area contributed by atoms with Gasteiger partial charge in [0.25, 0.3) is 5.91 Å². The van der Waals surface area contributed by atoms with Crippen molar-refractivity contribution in [1.82, 2.24) is 0 Å². The summed E-state index contributed by atoms with van der Waals surface area (Å²) in [5.74, 6) is -0.508. The second-order valence-corrected chi connectivity index (χ2v) is 7.50. The fraction of sp³-hybridized carbons (Fsp3) is 0.0435. The van der Waals surface area contributed by atoms with Gasteiger partial charge in [-0.3, -0.25) is 4.79 Å². The van der Waals surface area contributed by atoms with Gasteiger partial charge in [-0.25, -0.2) is 0 Å². The fourth-order valence-electron chi connectivity index (χ4n) is 2.69. The zero-order valence-electron chi connectivity index (χ0n) is 15.1. The Balaban J connectivity index is 1.78. The minimum absolute atomic E-state index is 0.0325. The molecule has 0 bridgehead atoms. The van der Waals surface area contributed by atoms with Gasteiger partial charge in [-0.15, -0.1) is 0 Å². The molecule has 0 fully saturated rings. The van der Waals surface area contributed by atoms with Gasteiger partial charge in [0, 0.05) is 27.2 Å². The lowest BCUT2D eigenvalue weighted by atomic mass is 10.0. The highest BCUT2D eigenvalue weighted by atomic mass is 35.5. The predicted molar refractivity (Wildman–Crippen MR) is 119 cm³/mol. The molecule has 1 N–H and O–H groups in total. The Kier molecular flexibility index (Phi) is 6.95. The third kappa shape index (κ3) is 5.62. The summed E-state index contributed by atoms with van der Waals surface area (Å²) in [6.45, 7) is 0. The summed E-state index contributed by atoms with van der Waals surface area (Å²) in [7, 11) is 0. The number of nitrogens with one attached hydrogen (secondary N) is 1. The van der Waals surface area contributed by atoms with E-state index < -0.39 is 5.91 Å². The monoisotopic (exact) mass is 440 g/mol. The van der Waals surface area contributed by atoms with Gasteiger partial charge in [-0.05, 0) is 59.2 Å². The van der Waals surface area contributed by atoms with Crippen LogP contribution in [0.3, 0.4) is 0 Å². The molecule has 3 aromatic rings. The molecule has 0 aliphatic rings. The van der Waals surface area contributed by atoms with Crippen LogP contribution in [0.5, 0.6) is 0 Å². The third-order valence-electron chi connectivity index (χ3n) is 4.19. The maximum atomic E-state index is 12.4. The van der Waals surface area contributed by atoms with Crippen LogP contribution in [0.25, 0.3) is 6.08 Å². The number of anilines is 1. The summed E-state index contributed by atoms with van der Waals surface area (Å²) in [5.41, 5.74) is 3.05. The normalized spacial score (nSPS) is 11.0. The number of rotatable bonds is 5.